The molecule has 0 radical (unpaired) electrons. The zero-order chi connectivity index (χ0) is 15.2. The lowest BCUT2D eigenvalue weighted by Crippen LogP contribution is -2.41. The second-order valence-corrected chi connectivity index (χ2v) is 6.98. The molecular weight excluding hydrogens is 252 g/mol. The van der Waals surface area contributed by atoms with Crippen molar-refractivity contribution in [3.8, 4) is 0 Å². The molecule has 1 aliphatic carbocycles. The standard InChI is InChI=1S/C16H32N2O2/c1-6-13-7-9-14(10-8-13)17-11-12-18(5)15(19)20-16(2,3)4/h13-14,17H,6-12H2,1-5H3. The Morgan fingerprint density at radius 1 is 1.25 bits per heavy atom. The van der Waals surface area contributed by atoms with Crippen molar-refractivity contribution in [3.05, 3.63) is 0 Å². The first kappa shape index (κ1) is 17.3. The van der Waals surface area contributed by atoms with Crippen LogP contribution >= 0.6 is 0 Å². The van der Waals surface area contributed by atoms with E-state index in [-0.39, 0.29) is 6.09 Å². The van der Waals surface area contributed by atoms with Gasteiger partial charge < -0.3 is 15.0 Å². The van der Waals surface area contributed by atoms with Gasteiger partial charge in [-0.1, -0.05) is 13.3 Å². The number of hydrogen-bond acceptors (Lipinski definition) is 3. The van der Waals surface area contributed by atoms with E-state index in [9.17, 15) is 4.79 Å². The lowest BCUT2D eigenvalue weighted by atomic mass is 9.84. The summed E-state index contributed by atoms with van der Waals surface area (Å²) in [4.78, 5) is 13.4. The second-order valence-electron chi connectivity index (χ2n) is 6.98. The van der Waals surface area contributed by atoms with Crippen molar-refractivity contribution >= 4 is 6.09 Å². The van der Waals surface area contributed by atoms with Crippen LogP contribution in [-0.4, -0.2) is 42.8 Å². The summed E-state index contributed by atoms with van der Waals surface area (Å²) in [5.74, 6) is 0.928. The van der Waals surface area contributed by atoms with Gasteiger partial charge in [0, 0.05) is 26.2 Å². The summed E-state index contributed by atoms with van der Waals surface area (Å²) in [6.07, 6.45) is 6.30. The number of rotatable bonds is 5. The van der Waals surface area contributed by atoms with Gasteiger partial charge in [-0.2, -0.15) is 0 Å². The molecule has 118 valence electrons. The first-order valence-corrected chi connectivity index (χ1v) is 7.99. The third-order valence-corrected chi connectivity index (χ3v) is 4.01. The number of nitrogens with one attached hydrogen (secondary N) is 1. The number of carbonyl (C=O) groups excluding carboxylic acids is 1. The van der Waals surface area contributed by atoms with Crippen LogP contribution in [0.5, 0.6) is 0 Å². The molecule has 1 fully saturated rings. The molecule has 1 amide bonds. The molecule has 0 bridgehead atoms. The van der Waals surface area contributed by atoms with Gasteiger partial charge in [0.15, 0.2) is 0 Å². The first-order valence-electron chi connectivity index (χ1n) is 7.99. The normalized spacial score (nSPS) is 23.4. The average molecular weight is 284 g/mol. The predicted octanol–water partition coefficient (Wildman–Crippen LogP) is 3.41. The van der Waals surface area contributed by atoms with E-state index in [0.717, 1.165) is 12.5 Å². The Labute approximate surface area is 124 Å². The highest BCUT2D eigenvalue weighted by Crippen LogP contribution is 2.26. The fraction of sp³-hybridized carbons (Fsp3) is 0.938. The molecule has 20 heavy (non-hydrogen) atoms. The summed E-state index contributed by atoms with van der Waals surface area (Å²) >= 11 is 0. The van der Waals surface area contributed by atoms with Crippen molar-refractivity contribution in [2.24, 2.45) is 5.92 Å². The molecule has 4 heteroatoms. The van der Waals surface area contributed by atoms with Crippen molar-refractivity contribution in [2.75, 3.05) is 20.1 Å². The number of hydrogen-bond donors (Lipinski definition) is 1. The van der Waals surface area contributed by atoms with Crippen LogP contribution in [0.1, 0.15) is 59.8 Å². The van der Waals surface area contributed by atoms with E-state index in [1.807, 2.05) is 20.8 Å². The van der Waals surface area contributed by atoms with Gasteiger partial charge in [0.2, 0.25) is 0 Å². The van der Waals surface area contributed by atoms with Crippen molar-refractivity contribution in [1.82, 2.24) is 10.2 Å². The number of nitrogens with zero attached hydrogens (tertiary/aromatic N) is 1. The number of ether oxygens (including phenoxy) is 1. The van der Waals surface area contributed by atoms with Crippen LogP contribution in [0.4, 0.5) is 4.79 Å². The maximum absolute atomic E-state index is 11.8. The van der Waals surface area contributed by atoms with E-state index in [2.05, 4.69) is 12.2 Å². The third-order valence-electron chi connectivity index (χ3n) is 4.01. The zero-order valence-corrected chi connectivity index (χ0v) is 13.9. The van der Waals surface area contributed by atoms with E-state index in [1.165, 1.54) is 32.1 Å². The predicted molar refractivity (Wildman–Crippen MR) is 82.9 cm³/mol. The van der Waals surface area contributed by atoms with Crippen molar-refractivity contribution in [1.29, 1.82) is 0 Å². The van der Waals surface area contributed by atoms with Gasteiger partial charge in [0.05, 0.1) is 0 Å². The summed E-state index contributed by atoms with van der Waals surface area (Å²) < 4.78 is 5.33. The van der Waals surface area contributed by atoms with Gasteiger partial charge in [-0.05, 0) is 52.4 Å². The number of amides is 1. The third kappa shape index (κ3) is 6.60. The number of likely N-dealkylation sites (N-methyl/N-ethyl adjacent to an activating group) is 1. The van der Waals surface area contributed by atoms with E-state index in [4.69, 9.17) is 4.74 Å². The van der Waals surface area contributed by atoms with Gasteiger partial charge in [-0.25, -0.2) is 4.79 Å². The lowest BCUT2D eigenvalue weighted by Gasteiger charge is -2.29. The molecule has 0 aliphatic heterocycles. The zero-order valence-electron chi connectivity index (χ0n) is 13.9. The minimum atomic E-state index is -0.419. The summed E-state index contributed by atoms with van der Waals surface area (Å²) in [5, 5.41) is 3.57. The minimum absolute atomic E-state index is 0.242. The lowest BCUT2D eigenvalue weighted by molar-refractivity contribution is 0.0298. The van der Waals surface area contributed by atoms with E-state index >= 15 is 0 Å². The summed E-state index contributed by atoms with van der Waals surface area (Å²) in [6, 6.07) is 0.629. The second kappa shape index (κ2) is 7.87. The molecule has 0 atom stereocenters. The van der Waals surface area contributed by atoms with Crippen LogP contribution in [0.15, 0.2) is 0 Å². The van der Waals surface area contributed by atoms with Gasteiger partial charge in [-0.15, -0.1) is 0 Å². The van der Waals surface area contributed by atoms with Crippen LogP contribution < -0.4 is 5.32 Å². The average Bonchev–Trinajstić information content (AvgIpc) is 2.37. The molecule has 0 aromatic rings. The molecule has 1 saturated carbocycles. The minimum Gasteiger partial charge on any atom is -0.444 e. The highest BCUT2D eigenvalue weighted by Gasteiger charge is 2.21. The van der Waals surface area contributed by atoms with Gasteiger partial charge >= 0.3 is 6.09 Å². The highest BCUT2D eigenvalue weighted by atomic mass is 16.6. The van der Waals surface area contributed by atoms with Crippen LogP contribution in [0, 0.1) is 5.92 Å². The van der Waals surface area contributed by atoms with E-state index < -0.39 is 5.60 Å². The van der Waals surface area contributed by atoms with E-state index in [1.54, 1.807) is 11.9 Å². The summed E-state index contributed by atoms with van der Waals surface area (Å²) in [6.45, 7) is 9.50. The SMILES string of the molecule is CCC1CCC(NCCN(C)C(=O)OC(C)(C)C)CC1. The molecule has 1 N–H and O–H groups in total. The molecular formula is C16H32N2O2. The smallest absolute Gasteiger partial charge is 0.410 e. The Balaban J connectivity index is 2.16. The monoisotopic (exact) mass is 284 g/mol. The van der Waals surface area contributed by atoms with E-state index in [0.29, 0.717) is 12.6 Å². The molecule has 0 unspecified atom stereocenters. The quantitative estimate of drug-likeness (QED) is 0.841. The van der Waals surface area contributed by atoms with Crippen LogP contribution in [0.3, 0.4) is 0 Å². The summed E-state index contributed by atoms with van der Waals surface area (Å²) in [5.41, 5.74) is -0.419. The Morgan fingerprint density at radius 3 is 2.35 bits per heavy atom. The van der Waals surface area contributed by atoms with Crippen LogP contribution in [0.25, 0.3) is 0 Å². The Hall–Kier alpha value is -0.770. The maximum Gasteiger partial charge on any atom is 0.410 e. The van der Waals surface area contributed by atoms with Crippen LogP contribution in [-0.2, 0) is 4.74 Å². The molecule has 1 rings (SSSR count). The molecule has 0 saturated heterocycles. The van der Waals surface area contributed by atoms with Gasteiger partial charge in [0.25, 0.3) is 0 Å². The Morgan fingerprint density at radius 2 is 1.85 bits per heavy atom. The topological polar surface area (TPSA) is 41.6 Å². The van der Waals surface area contributed by atoms with Crippen molar-refractivity contribution in [3.63, 3.8) is 0 Å². The Kier molecular flexibility index (Phi) is 6.80. The number of carbonyl (C=O) groups is 1. The molecule has 4 nitrogen and oxygen atoms in total. The first-order chi connectivity index (χ1) is 9.31. The summed E-state index contributed by atoms with van der Waals surface area (Å²) in [7, 11) is 1.80. The molecule has 0 spiro atoms. The fourth-order valence-electron chi connectivity index (χ4n) is 2.64. The van der Waals surface area contributed by atoms with Crippen molar-refractivity contribution < 1.29 is 9.53 Å². The molecule has 0 aromatic carbocycles. The maximum atomic E-state index is 11.8. The Bertz CT molecular complexity index is 291. The fourth-order valence-corrected chi connectivity index (χ4v) is 2.64. The van der Waals surface area contributed by atoms with Crippen LogP contribution in [0.2, 0.25) is 0 Å². The molecule has 0 aromatic heterocycles. The van der Waals surface area contributed by atoms with Gasteiger partial charge in [0.1, 0.15) is 5.60 Å². The van der Waals surface area contributed by atoms with Gasteiger partial charge in [-0.3, -0.25) is 0 Å². The van der Waals surface area contributed by atoms with Crippen molar-refractivity contribution in [2.45, 2.75) is 71.4 Å². The highest BCUT2D eigenvalue weighted by molar-refractivity contribution is 5.67. The largest absolute Gasteiger partial charge is 0.444 e. The molecule has 1 aliphatic rings. The molecule has 0 heterocycles.